The van der Waals surface area contributed by atoms with E-state index >= 15 is 0 Å². The molecular formula is C13H15N3O. The quantitative estimate of drug-likeness (QED) is 0.841. The van der Waals surface area contributed by atoms with Crippen molar-refractivity contribution in [3.05, 3.63) is 29.6 Å². The van der Waals surface area contributed by atoms with Gasteiger partial charge in [0.05, 0.1) is 17.5 Å². The molecule has 1 aromatic carbocycles. The third kappa shape index (κ3) is 2.30. The molecule has 4 nitrogen and oxygen atoms in total. The van der Waals surface area contributed by atoms with Gasteiger partial charge < -0.3 is 10.3 Å². The van der Waals surface area contributed by atoms with Crippen molar-refractivity contribution in [3.63, 3.8) is 0 Å². The molecule has 4 heteroatoms. The number of imidazole rings is 1. The van der Waals surface area contributed by atoms with Crippen molar-refractivity contribution in [1.82, 2.24) is 15.3 Å². The molecular weight excluding hydrogens is 214 g/mol. The number of fused-ring (bicyclic) bond motifs is 1. The van der Waals surface area contributed by atoms with E-state index in [0.29, 0.717) is 12.5 Å². The molecule has 88 valence electrons. The van der Waals surface area contributed by atoms with Crippen LogP contribution in [0.3, 0.4) is 0 Å². The Kier molecular flexibility index (Phi) is 2.35. The highest BCUT2D eigenvalue weighted by Gasteiger charge is 2.23. The number of hydrogen-bond acceptors (Lipinski definition) is 2. The number of carbonyl (C=O) groups is 1. The maximum atomic E-state index is 11.7. The van der Waals surface area contributed by atoms with Crippen LogP contribution in [-0.4, -0.2) is 21.9 Å². The molecule has 1 heterocycles. The van der Waals surface area contributed by atoms with Crippen LogP contribution in [0.4, 0.5) is 0 Å². The lowest BCUT2D eigenvalue weighted by atomic mass is 10.1. The summed E-state index contributed by atoms with van der Waals surface area (Å²) in [7, 11) is 0. The van der Waals surface area contributed by atoms with Crippen LogP contribution >= 0.6 is 0 Å². The summed E-state index contributed by atoms with van der Waals surface area (Å²) in [6, 6.07) is 6.36. The van der Waals surface area contributed by atoms with Crippen LogP contribution in [0.1, 0.15) is 24.2 Å². The number of hydrogen-bond donors (Lipinski definition) is 2. The molecule has 1 amide bonds. The summed E-state index contributed by atoms with van der Waals surface area (Å²) in [5, 5.41) is 2.99. The number of benzene rings is 1. The van der Waals surface area contributed by atoms with Crippen LogP contribution in [-0.2, 0) is 11.2 Å². The average Bonchev–Trinajstić information content (AvgIpc) is 2.98. The number of aromatic nitrogens is 2. The first-order chi connectivity index (χ1) is 8.20. The molecule has 2 N–H and O–H groups in total. The SMILES string of the molecule is Cc1nc2ccc(CC(=O)NC3CC3)cc2[nH]1. The smallest absolute Gasteiger partial charge is 0.224 e. The Hall–Kier alpha value is -1.84. The first kappa shape index (κ1) is 10.3. The van der Waals surface area contributed by atoms with Gasteiger partial charge in [0.1, 0.15) is 5.82 Å². The van der Waals surface area contributed by atoms with Crippen LogP contribution in [0.5, 0.6) is 0 Å². The lowest BCUT2D eigenvalue weighted by molar-refractivity contribution is -0.120. The minimum atomic E-state index is 0.114. The molecule has 0 atom stereocenters. The summed E-state index contributed by atoms with van der Waals surface area (Å²) >= 11 is 0. The standard InChI is InChI=1S/C13H15N3O/c1-8-14-11-5-2-9(6-12(11)15-8)7-13(17)16-10-3-4-10/h2,5-6,10H,3-4,7H2,1H3,(H,14,15)(H,16,17). The van der Waals surface area contributed by atoms with Gasteiger partial charge in [-0.05, 0) is 37.5 Å². The van der Waals surface area contributed by atoms with E-state index in [0.717, 1.165) is 35.3 Å². The van der Waals surface area contributed by atoms with Gasteiger partial charge in [0.2, 0.25) is 5.91 Å². The van der Waals surface area contributed by atoms with Gasteiger partial charge in [0.25, 0.3) is 0 Å². The zero-order valence-electron chi connectivity index (χ0n) is 9.79. The Morgan fingerprint density at radius 1 is 1.53 bits per heavy atom. The average molecular weight is 229 g/mol. The van der Waals surface area contributed by atoms with Gasteiger partial charge >= 0.3 is 0 Å². The Balaban J connectivity index is 1.77. The number of H-pyrrole nitrogens is 1. The number of rotatable bonds is 3. The molecule has 0 spiro atoms. The molecule has 0 radical (unpaired) electrons. The number of carbonyl (C=O) groups excluding carboxylic acids is 1. The van der Waals surface area contributed by atoms with Crippen LogP contribution in [0.25, 0.3) is 11.0 Å². The largest absolute Gasteiger partial charge is 0.353 e. The number of amides is 1. The predicted molar refractivity (Wildman–Crippen MR) is 65.7 cm³/mol. The minimum Gasteiger partial charge on any atom is -0.353 e. The molecule has 1 fully saturated rings. The molecule has 3 rings (SSSR count). The van der Waals surface area contributed by atoms with Crippen molar-refractivity contribution in [2.75, 3.05) is 0 Å². The van der Waals surface area contributed by atoms with E-state index in [1.165, 1.54) is 0 Å². The van der Waals surface area contributed by atoms with Gasteiger partial charge in [-0.25, -0.2) is 4.98 Å². The molecule has 1 aromatic heterocycles. The van der Waals surface area contributed by atoms with E-state index in [1.54, 1.807) is 0 Å². The third-order valence-corrected chi connectivity index (χ3v) is 2.97. The van der Waals surface area contributed by atoms with Crippen LogP contribution < -0.4 is 5.32 Å². The fourth-order valence-electron chi connectivity index (χ4n) is 1.99. The molecule has 1 saturated carbocycles. The monoisotopic (exact) mass is 229 g/mol. The van der Waals surface area contributed by atoms with E-state index in [4.69, 9.17) is 0 Å². The first-order valence-electron chi connectivity index (χ1n) is 5.95. The van der Waals surface area contributed by atoms with E-state index < -0.39 is 0 Å². The number of aryl methyl sites for hydroxylation is 1. The Morgan fingerprint density at radius 2 is 2.35 bits per heavy atom. The fraction of sp³-hybridized carbons (Fsp3) is 0.385. The van der Waals surface area contributed by atoms with E-state index in [1.807, 2.05) is 25.1 Å². The molecule has 0 unspecified atom stereocenters. The highest BCUT2D eigenvalue weighted by atomic mass is 16.1. The van der Waals surface area contributed by atoms with Gasteiger partial charge in [-0.2, -0.15) is 0 Å². The summed E-state index contributed by atoms with van der Waals surface area (Å²) in [5.41, 5.74) is 2.98. The second kappa shape index (κ2) is 3.87. The maximum absolute atomic E-state index is 11.7. The molecule has 0 saturated heterocycles. The number of nitrogens with zero attached hydrogens (tertiary/aromatic N) is 1. The Labute approximate surface area is 99.4 Å². The summed E-state index contributed by atoms with van der Waals surface area (Å²) in [6.07, 6.45) is 2.71. The van der Waals surface area contributed by atoms with Gasteiger partial charge in [-0.3, -0.25) is 4.79 Å². The van der Waals surface area contributed by atoms with E-state index in [-0.39, 0.29) is 5.91 Å². The zero-order chi connectivity index (χ0) is 11.8. The van der Waals surface area contributed by atoms with Crippen molar-refractivity contribution < 1.29 is 4.79 Å². The summed E-state index contributed by atoms with van der Waals surface area (Å²) in [5.74, 6) is 1.02. The fourth-order valence-corrected chi connectivity index (χ4v) is 1.99. The number of aromatic amines is 1. The Bertz CT molecular complexity index is 569. The van der Waals surface area contributed by atoms with E-state index in [9.17, 15) is 4.79 Å². The highest BCUT2D eigenvalue weighted by Crippen LogP contribution is 2.19. The van der Waals surface area contributed by atoms with Crippen molar-refractivity contribution in [3.8, 4) is 0 Å². The van der Waals surface area contributed by atoms with Gasteiger partial charge in [0, 0.05) is 6.04 Å². The van der Waals surface area contributed by atoms with Crippen molar-refractivity contribution >= 4 is 16.9 Å². The molecule has 17 heavy (non-hydrogen) atoms. The molecule has 2 aromatic rings. The molecule has 1 aliphatic rings. The molecule has 0 aliphatic heterocycles. The maximum Gasteiger partial charge on any atom is 0.224 e. The zero-order valence-corrected chi connectivity index (χ0v) is 9.79. The van der Waals surface area contributed by atoms with Crippen LogP contribution in [0.15, 0.2) is 18.2 Å². The predicted octanol–water partition coefficient (Wildman–Crippen LogP) is 1.69. The van der Waals surface area contributed by atoms with Crippen LogP contribution in [0.2, 0.25) is 0 Å². The topological polar surface area (TPSA) is 57.8 Å². The van der Waals surface area contributed by atoms with E-state index in [2.05, 4.69) is 15.3 Å². The van der Waals surface area contributed by atoms with Gasteiger partial charge in [-0.1, -0.05) is 6.07 Å². The van der Waals surface area contributed by atoms with Crippen molar-refractivity contribution in [1.29, 1.82) is 0 Å². The summed E-state index contributed by atoms with van der Waals surface area (Å²) < 4.78 is 0. The number of nitrogens with one attached hydrogen (secondary N) is 2. The summed E-state index contributed by atoms with van der Waals surface area (Å²) in [4.78, 5) is 19.2. The lowest BCUT2D eigenvalue weighted by Crippen LogP contribution is -2.26. The minimum absolute atomic E-state index is 0.114. The first-order valence-corrected chi connectivity index (χ1v) is 5.95. The lowest BCUT2D eigenvalue weighted by Gasteiger charge is -2.03. The highest BCUT2D eigenvalue weighted by molar-refractivity contribution is 5.82. The normalized spacial score (nSPS) is 15.1. The van der Waals surface area contributed by atoms with Gasteiger partial charge in [-0.15, -0.1) is 0 Å². The van der Waals surface area contributed by atoms with Crippen molar-refractivity contribution in [2.24, 2.45) is 0 Å². The second-order valence-corrected chi connectivity index (χ2v) is 4.69. The second-order valence-electron chi connectivity index (χ2n) is 4.69. The molecule has 0 bridgehead atoms. The summed E-state index contributed by atoms with van der Waals surface area (Å²) in [6.45, 7) is 1.93. The Morgan fingerprint density at radius 3 is 3.12 bits per heavy atom. The van der Waals surface area contributed by atoms with Crippen molar-refractivity contribution in [2.45, 2.75) is 32.2 Å². The van der Waals surface area contributed by atoms with Crippen LogP contribution in [0, 0.1) is 6.92 Å². The third-order valence-electron chi connectivity index (χ3n) is 2.97. The van der Waals surface area contributed by atoms with Gasteiger partial charge in [0.15, 0.2) is 0 Å². The molecule has 1 aliphatic carbocycles.